The molecule has 0 atom stereocenters. The Labute approximate surface area is 142 Å². The summed E-state index contributed by atoms with van der Waals surface area (Å²) >= 11 is 0. The Kier molecular flexibility index (Phi) is 6.49. The van der Waals surface area contributed by atoms with Gasteiger partial charge in [0.05, 0.1) is 20.8 Å². The van der Waals surface area contributed by atoms with Crippen LogP contribution in [0.5, 0.6) is 17.2 Å². The first-order valence-electron chi connectivity index (χ1n) is 7.90. The zero-order chi connectivity index (χ0) is 17.4. The monoisotopic (exact) mass is 329 g/mol. The summed E-state index contributed by atoms with van der Waals surface area (Å²) in [4.78, 5) is 12.2. The number of nitrogens with one attached hydrogen (secondary N) is 1. The molecule has 5 nitrogen and oxygen atoms in total. The summed E-state index contributed by atoms with van der Waals surface area (Å²) in [5, 5.41) is 2.83. The molecule has 24 heavy (non-hydrogen) atoms. The van der Waals surface area contributed by atoms with Crippen LogP contribution in [0, 0.1) is 0 Å². The minimum atomic E-state index is -0.179. The molecule has 0 aliphatic rings. The molecule has 0 aliphatic heterocycles. The lowest BCUT2D eigenvalue weighted by molar-refractivity contribution is 0.0946. The topological polar surface area (TPSA) is 56.8 Å². The number of amides is 1. The van der Waals surface area contributed by atoms with E-state index in [2.05, 4.69) is 18.3 Å². The molecule has 0 saturated heterocycles. The van der Waals surface area contributed by atoms with E-state index < -0.39 is 0 Å². The predicted octanol–water partition coefficient (Wildman–Crippen LogP) is 3.08. The minimum Gasteiger partial charge on any atom is -0.493 e. The van der Waals surface area contributed by atoms with Crippen LogP contribution in [0.15, 0.2) is 42.5 Å². The van der Waals surface area contributed by atoms with Crippen molar-refractivity contribution < 1.29 is 19.0 Å². The van der Waals surface area contributed by atoms with Crippen LogP contribution in [-0.2, 0) is 6.42 Å². The number of benzene rings is 2. The van der Waals surface area contributed by atoms with Gasteiger partial charge in [-0.3, -0.25) is 4.79 Å². The van der Waals surface area contributed by atoms with Crippen molar-refractivity contribution in [3.05, 3.63) is 53.6 Å². The molecule has 5 heteroatoms. The number of hydrogen-bond acceptors (Lipinski definition) is 4. The smallest absolute Gasteiger partial charge is 0.251 e. The highest BCUT2D eigenvalue weighted by Gasteiger charge is 2.10. The molecule has 2 rings (SSSR count). The molecular formula is C19H23NO4. The maximum Gasteiger partial charge on any atom is 0.251 e. The van der Waals surface area contributed by atoms with Crippen LogP contribution in [0.2, 0.25) is 0 Å². The Morgan fingerprint density at radius 3 is 2.54 bits per heavy atom. The standard InChI is InChI=1S/C19H23NO4/c1-4-14-6-5-7-16(12-14)24-11-10-20-19(21)15-8-9-17(22-2)18(13-15)23-3/h5-9,12-13H,4,10-11H2,1-3H3,(H,20,21). The number of ether oxygens (including phenoxy) is 3. The number of hydrogen-bond donors (Lipinski definition) is 1. The highest BCUT2D eigenvalue weighted by molar-refractivity contribution is 5.94. The third-order valence-corrected chi connectivity index (χ3v) is 3.61. The fraction of sp³-hybridized carbons (Fsp3) is 0.316. The Hall–Kier alpha value is -2.69. The first-order valence-corrected chi connectivity index (χ1v) is 7.90. The lowest BCUT2D eigenvalue weighted by atomic mass is 10.2. The van der Waals surface area contributed by atoms with Gasteiger partial charge in [-0.2, -0.15) is 0 Å². The molecule has 128 valence electrons. The number of aryl methyl sites for hydroxylation is 1. The molecule has 0 aromatic heterocycles. The Balaban J connectivity index is 1.84. The van der Waals surface area contributed by atoms with E-state index in [1.165, 1.54) is 12.7 Å². The van der Waals surface area contributed by atoms with Gasteiger partial charge in [-0.25, -0.2) is 0 Å². The first-order chi connectivity index (χ1) is 11.7. The maximum absolute atomic E-state index is 12.2. The quantitative estimate of drug-likeness (QED) is 0.756. The second-order valence-electron chi connectivity index (χ2n) is 5.18. The zero-order valence-corrected chi connectivity index (χ0v) is 14.3. The highest BCUT2D eigenvalue weighted by Crippen LogP contribution is 2.27. The number of rotatable bonds is 8. The molecule has 0 aliphatic carbocycles. The van der Waals surface area contributed by atoms with Gasteiger partial charge in [0.1, 0.15) is 12.4 Å². The first kappa shape index (κ1) is 17.7. The number of carbonyl (C=O) groups excluding carboxylic acids is 1. The third kappa shape index (κ3) is 4.65. The predicted molar refractivity (Wildman–Crippen MR) is 93.2 cm³/mol. The summed E-state index contributed by atoms with van der Waals surface area (Å²) in [6.45, 7) is 2.93. The number of carbonyl (C=O) groups is 1. The van der Waals surface area contributed by atoms with Crippen molar-refractivity contribution in [2.75, 3.05) is 27.4 Å². The molecule has 0 radical (unpaired) electrons. The average Bonchev–Trinajstić information content (AvgIpc) is 2.64. The fourth-order valence-electron chi connectivity index (χ4n) is 2.27. The Bertz CT molecular complexity index is 685. The Morgan fingerprint density at radius 2 is 1.83 bits per heavy atom. The molecule has 0 spiro atoms. The second kappa shape index (κ2) is 8.82. The molecule has 0 fully saturated rings. The minimum absolute atomic E-state index is 0.179. The van der Waals surface area contributed by atoms with Crippen molar-refractivity contribution in [1.29, 1.82) is 0 Å². The fourth-order valence-corrected chi connectivity index (χ4v) is 2.27. The number of methoxy groups -OCH3 is 2. The van der Waals surface area contributed by atoms with Crippen LogP contribution >= 0.6 is 0 Å². The maximum atomic E-state index is 12.2. The third-order valence-electron chi connectivity index (χ3n) is 3.61. The van der Waals surface area contributed by atoms with Gasteiger partial charge in [-0.05, 0) is 42.3 Å². The van der Waals surface area contributed by atoms with Gasteiger partial charge in [0.2, 0.25) is 0 Å². The van der Waals surface area contributed by atoms with E-state index in [0.717, 1.165) is 12.2 Å². The summed E-state index contributed by atoms with van der Waals surface area (Å²) in [7, 11) is 3.10. The molecule has 0 bridgehead atoms. The molecule has 2 aromatic rings. The van der Waals surface area contributed by atoms with Crippen molar-refractivity contribution in [3.63, 3.8) is 0 Å². The van der Waals surface area contributed by atoms with E-state index in [1.807, 2.05) is 18.2 Å². The van der Waals surface area contributed by atoms with Crippen LogP contribution in [0.4, 0.5) is 0 Å². The van der Waals surface area contributed by atoms with Gasteiger partial charge in [0.15, 0.2) is 11.5 Å². The largest absolute Gasteiger partial charge is 0.493 e. The molecule has 2 aromatic carbocycles. The highest BCUT2D eigenvalue weighted by atomic mass is 16.5. The van der Waals surface area contributed by atoms with Crippen LogP contribution in [-0.4, -0.2) is 33.3 Å². The van der Waals surface area contributed by atoms with Gasteiger partial charge >= 0.3 is 0 Å². The van der Waals surface area contributed by atoms with Gasteiger partial charge in [-0.15, -0.1) is 0 Å². The second-order valence-corrected chi connectivity index (χ2v) is 5.18. The normalized spacial score (nSPS) is 10.1. The van der Waals surface area contributed by atoms with Crippen molar-refractivity contribution in [1.82, 2.24) is 5.32 Å². The summed E-state index contributed by atoms with van der Waals surface area (Å²) in [5.74, 6) is 1.75. The van der Waals surface area contributed by atoms with Gasteiger partial charge < -0.3 is 19.5 Å². The van der Waals surface area contributed by atoms with E-state index in [1.54, 1.807) is 25.3 Å². The van der Waals surface area contributed by atoms with Crippen molar-refractivity contribution >= 4 is 5.91 Å². The van der Waals surface area contributed by atoms with Gasteiger partial charge in [0.25, 0.3) is 5.91 Å². The summed E-state index contributed by atoms with van der Waals surface area (Å²) in [6, 6.07) is 13.0. The molecule has 0 unspecified atom stereocenters. The molecular weight excluding hydrogens is 306 g/mol. The van der Waals surface area contributed by atoms with E-state index >= 15 is 0 Å². The lowest BCUT2D eigenvalue weighted by Crippen LogP contribution is -2.28. The van der Waals surface area contributed by atoms with Gasteiger partial charge in [0, 0.05) is 5.56 Å². The summed E-state index contributed by atoms with van der Waals surface area (Å²) in [5.41, 5.74) is 1.74. The van der Waals surface area contributed by atoms with E-state index in [0.29, 0.717) is 30.2 Å². The van der Waals surface area contributed by atoms with Crippen LogP contribution in [0.25, 0.3) is 0 Å². The van der Waals surface area contributed by atoms with Crippen LogP contribution in [0.3, 0.4) is 0 Å². The van der Waals surface area contributed by atoms with Crippen molar-refractivity contribution in [2.24, 2.45) is 0 Å². The van der Waals surface area contributed by atoms with Crippen LogP contribution in [0.1, 0.15) is 22.8 Å². The molecule has 0 heterocycles. The molecule has 1 amide bonds. The van der Waals surface area contributed by atoms with Crippen molar-refractivity contribution in [2.45, 2.75) is 13.3 Å². The average molecular weight is 329 g/mol. The molecule has 1 N–H and O–H groups in total. The zero-order valence-electron chi connectivity index (χ0n) is 14.3. The lowest BCUT2D eigenvalue weighted by Gasteiger charge is -2.11. The van der Waals surface area contributed by atoms with E-state index in [9.17, 15) is 4.79 Å². The molecule has 0 saturated carbocycles. The summed E-state index contributed by atoms with van der Waals surface area (Å²) in [6.07, 6.45) is 0.966. The SMILES string of the molecule is CCc1cccc(OCCNC(=O)c2ccc(OC)c(OC)c2)c1. The van der Waals surface area contributed by atoms with Gasteiger partial charge in [-0.1, -0.05) is 19.1 Å². The Morgan fingerprint density at radius 1 is 1.04 bits per heavy atom. The summed E-state index contributed by atoms with van der Waals surface area (Å²) < 4.78 is 16.0. The van der Waals surface area contributed by atoms with E-state index in [-0.39, 0.29) is 5.91 Å². The van der Waals surface area contributed by atoms with Crippen molar-refractivity contribution in [3.8, 4) is 17.2 Å². The van der Waals surface area contributed by atoms with Crippen LogP contribution < -0.4 is 19.5 Å². The van der Waals surface area contributed by atoms with E-state index in [4.69, 9.17) is 14.2 Å².